The summed E-state index contributed by atoms with van der Waals surface area (Å²) in [7, 11) is -3.78. The summed E-state index contributed by atoms with van der Waals surface area (Å²) < 4.78 is 48.0. The highest BCUT2D eigenvalue weighted by Gasteiger charge is 2.28. The molecule has 0 N–H and O–H groups in total. The number of sulfonamides is 1. The molecule has 1 saturated heterocycles. The van der Waals surface area contributed by atoms with Gasteiger partial charge in [-0.15, -0.1) is 0 Å². The van der Waals surface area contributed by atoms with Crippen LogP contribution in [0.25, 0.3) is 0 Å². The molecule has 0 unspecified atom stereocenters. The number of esters is 1. The third kappa shape index (κ3) is 4.41. The Morgan fingerprint density at radius 1 is 1.00 bits per heavy atom. The number of carbonyl (C=O) groups is 2. The van der Waals surface area contributed by atoms with Gasteiger partial charge in [-0.1, -0.05) is 6.07 Å². The van der Waals surface area contributed by atoms with E-state index in [2.05, 4.69) is 0 Å². The van der Waals surface area contributed by atoms with Gasteiger partial charge in [0.1, 0.15) is 0 Å². The first-order valence-electron chi connectivity index (χ1n) is 9.65. The Kier molecular flexibility index (Phi) is 5.94. The van der Waals surface area contributed by atoms with Crippen LogP contribution >= 0.6 is 0 Å². The molecule has 31 heavy (non-hydrogen) atoms. The molecular weight excluding hydrogens is 426 g/mol. The van der Waals surface area contributed by atoms with Gasteiger partial charge in [-0.05, 0) is 42.8 Å². The third-order valence-corrected chi connectivity index (χ3v) is 7.08. The zero-order chi connectivity index (χ0) is 22.0. The van der Waals surface area contributed by atoms with Crippen molar-refractivity contribution in [3.8, 4) is 11.5 Å². The van der Waals surface area contributed by atoms with Crippen LogP contribution in [-0.4, -0.2) is 64.2 Å². The van der Waals surface area contributed by atoms with E-state index in [-0.39, 0.29) is 30.3 Å². The fourth-order valence-electron chi connectivity index (χ4n) is 3.30. The minimum atomic E-state index is -3.78. The van der Waals surface area contributed by atoms with Gasteiger partial charge in [0, 0.05) is 18.7 Å². The van der Waals surface area contributed by atoms with Crippen molar-refractivity contribution in [3.63, 3.8) is 0 Å². The largest absolute Gasteiger partial charge is 0.454 e. The number of aryl methyl sites for hydroxylation is 1. The summed E-state index contributed by atoms with van der Waals surface area (Å²) in [6, 6.07) is 9.00. The van der Waals surface area contributed by atoms with E-state index < -0.39 is 28.4 Å². The molecule has 2 heterocycles. The predicted octanol–water partition coefficient (Wildman–Crippen LogP) is 1.78. The minimum Gasteiger partial charge on any atom is -0.454 e. The molecule has 2 aliphatic heterocycles. The Bertz CT molecular complexity index is 1120. The van der Waals surface area contributed by atoms with Gasteiger partial charge in [-0.3, -0.25) is 4.79 Å². The van der Waals surface area contributed by atoms with Crippen molar-refractivity contribution in [3.05, 3.63) is 53.1 Å². The zero-order valence-electron chi connectivity index (χ0n) is 16.8. The van der Waals surface area contributed by atoms with E-state index in [1.807, 2.05) is 0 Å². The van der Waals surface area contributed by atoms with Gasteiger partial charge >= 0.3 is 5.97 Å². The molecule has 4 rings (SSSR count). The van der Waals surface area contributed by atoms with Crippen molar-refractivity contribution < 1.29 is 37.0 Å². The third-order valence-electron chi connectivity index (χ3n) is 5.04. The molecule has 0 atom stereocenters. The Hall–Kier alpha value is -2.95. The topological polar surface area (TPSA) is 108 Å². The van der Waals surface area contributed by atoms with E-state index in [1.165, 1.54) is 22.5 Å². The molecular formula is C21H21NO8S. The summed E-state index contributed by atoms with van der Waals surface area (Å²) in [5.41, 5.74) is 0.881. The maximum Gasteiger partial charge on any atom is 0.338 e. The van der Waals surface area contributed by atoms with Crippen LogP contribution in [0.1, 0.15) is 26.3 Å². The molecule has 10 heteroatoms. The molecule has 164 valence electrons. The SMILES string of the molecule is Cc1ccc(C(=O)OCC(=O)c2ccc3c(c2)OCO3)cc1S(=O)(=O)N1CCOCC1. The van der Waals surface area contributed by atoms with E-state index in [9.17, 15) is 18.0 Å². The van der Waals surface area contributed by atoms with Gasteiger partial charge in [0.15, 0.2) is 23.9 Å². The lowest BCUT2D eigenvalue weighted by Crippen LogP contribution is -2.40. The molecule has 0 saturated carbocycles. The zero-order valence-corrected chi connectivity index (χ0v) is 17.6. The fraction of sp³-hybridized carbons (Fsp3) is 0.333. The van der Waals surface area contributed by atoms with Gasteiger partial charge in [-0.25, -0.2) is 13.2 Å². The van der Waals surface area contributed by atoms with Crippen LogP contribution < -0.4 is 9.47 Å². The van der Waals surface area contributed by atoms with Crippen molar-refractivity contribution in [2.75, 3.05) is 39.7 Å². The number of benzene rings is 2. The van der Waals surface area contributed by atoms with Crippen LogP contribution in [0.3, 0.4) is 0 Å². The smallest absolute Gasteiger partial charge is 0.338 e. The van der Waals surface area contributed by atoms with Crippen LogP contribution in [0.2, 0.25) is 0 Å². The van der Waals surface area contributed by atoms with Crippen LogP contribution in [-0.2, 0) is 19.5 Å². The van der Waals surface area contributed by atoms with E-state index in [1.54, 1.807) is 25.1 Å². The van der Waals surface area contributed by atoms with Crippen LogP contribution in [0.4, 0.5) is 0 Å². The van der Waals surface area contributed by atoms with Crippen LogP contribution in [0.15, 0.2) is 41.3 Å². The molecule has 0 amide bonds. The monoisotopic (exact) mass is 447 g/mol. The Labute approximate surface area is 179 Å². The lowest BCUT2D eigenvalue weighted by molar-refractivity contribution is 0.0474. The van der Waals surface area contributed by atoms with E-state index in [4.69, 9.17) is 18.9 Å². The second-order valence-electron chi connectivity index (χ2n) is 7.06. The van der Waals surface area contributed by atoms with Gasteiger partial charge in [-0.2, -0.15) is 4.31 Å². The second kappa shape index (κ2) is 8.66. The second-order valence-corrected chi connectivity index (χ2v) is 8.97. The summed E-state index contributed by atoms with van der Waals surface area (Å²) in [4.78, 5) is 24.9. The number of hydrogen-bond donors (Lipinski definition) is 0. The van der Waals surface area contributed by atoms with Gasteiger partial charge < -0.3 is 18.9 Å². The first-order chi connectivity index (χ1) is 14.9. The molecule has 0 aliphatic carbocycles. The number of morpholine rings is 1. The summed E-state index contributed by atoms with van der Waals surface area (Å²) in [6.07, 6.45) is 0. The average molecular weight is 447 g/mol. The van der Waals surface area contributed by atoms with Gasteiger partial charge in [0.25, 0.3) is 0 Å². The number of rotatable bonds is 6. The highest BCUT2D eigenvalue weighted by atomic mass is 32.2. The summed E-state index contributed by atoms with van der Waals surface area (Å²) in [5.74, 6) is -0.205. The number of hydrogen-bond acceptors (Lipinski definition) is 8. The molecule has 0 spiro atoms. The van der Waals surface area contributed by atoms with Crippen molar-refractivity contribution in [1.29, 1.82) is 0 Å². The quantitative estimate of drug-likeness (QED) is 0.487. The molecule has 1 fully saturated rings. The van der Waals surface area contributed by atoms with Crippen molar-refractivity contribution in [2.24, 2.45) is 0 Å². The molecule has 9 nitrogen and oxygen atoms in total. The number of ether oxygens (including phenoxy) is 4. The molecule has 2 aromatic carbocycles. The lowest BCUT2D eigenvalue weighted by atomic mass is 10.1. The fourth-order valence-corrected chi connectivity index (χ4v) is 4.96. The average Bonchev–Trinajstić information content (AvgIpc) is 3.26. The Balaban J connectivity index is 1.46. The molecule has 2 aliphatic rings. The molecule has 2 aromatic rings. The van der Waals surface area contributed by atoms with E-state index in [0.717, 1.165) is 0 Å². The van der Waals surface area contributed by atoms with E-state index >= 15 is 0 Å². The highest BCUT2D eigenvalue weighted by molar-refractivity contribution is 7.89. The lowest BCUT2D eigenvalue weighted by Gasteiger charge is -2.26. The van der Waals surface area contributed by atoms with Crippen molar-refractivity contribution >= 4 is 21.8 Å². The van der Waals surface area contributed by atoms with Crippen molar-refractivity contribution in [1.82, 2.24) is 4.31 Å². The summed E-state index contributed by atoms with van der Waals surface area (Å²) in [6.45, 7) is 2.40. The van der Waals surface area contributed by atoms with Gasteiger partial charge in [0.05, 0.1) is 23.7 Å². The number of fused-ring (bicyclic) bond motifs is 1. The molecule has 0 radical (unpaired) electrons. The normalized spacial score (nSPS) is 16.2. The minimum absolute atomic E-state index is 0.0333. The first-order valence-corrected chi connectivity index (χ1v) is 11.1. The number of nitrogens with zero attached hydrogens (tertiary/aromatic N) is 1. The van der Waals surface area contributed by atoms with Gasteiger partial charge in [0.2, 0.25) is 16.8 Å². The predicted molar refractivity (Wildman–Crippen MR) is 108 cm³/mol. The number of Topliss-reactive ketones (excluding diaryl/α,β-unsaturated/α-hetero) is 1. The maximum absolute atomic E-state index is 13.0. The maximum atomic E-state index is 13.0. The summed E-state index contributed by atoms with van der Waals surface area (Å²) >= 11 is 0. The molecule has 0 bridgehead atoms. The summed E-state index contributed by atoms with van der Waals surface area (Å²) in [5, 5.41) is 0. The Morgan fingerprint density at radius 2 is 1.71 bits per heavy atom. The number of carbonyl (C=O) groups excluding carboxylic acids is 2. The molecule has 0 aromatic heterocycles. The Morgan fingerprint density at radius 3 is 2.48 bits per heavy atom. The number of ketones is 1. The standard InChI is InChI=1S/C21H21NO8S/c1-14-2-3-16(11-20(14)31(25,26)22-6-8-27-9-7-22)21(24)28-12-17(23)15-4-5-18-19(10-15)30-13-29-18/h2-5,10-11H,6-9,12-13H2,1H3. The first kappa shape index (κ1) is 21.3. The van der Waals surface area contributed by atoms with E-state index in [0.29, 0.717) is 35.8 Å². The van der Waals surface area contributed by atoms with Crippen LogP contribution in [0.5, 0.6) is 11.5 Å². The van der Waals surface area contributed by atoms with Crippen molar-refractivity contribution in [2.45, 2.75) is 11.8 Å². The highest BCUT2D eigenvalue weighted by Crippen LogP contribution is 2.32. The van der Waals surface area contributed by atoms with Crippen LogP contribution in [0, 0.1) is 6.92 Å².